The summed E-state index contributed by atoms with van der Waals surface area (Å²) in [5.41, 5.74) is 0.358. The van der Waals surface area contributed by atoms with Gasteiger partial charge >= 0.3 is 30.0 Å². The monoisotopic (exact) mass is 642 g/mol. The summed E-state index contributed by atoms with van der Waals surface area (Å²) in [6.07, 6.45) is 10.7. The van der Waals surface area contributed by atoms with Gasteiger partial charge in [-0.2, -0.15) is 0 Å². The molecule has 46 heavy (non-hydrogen) atoms. The third-order valence-electron chi connectivity index (χ3n) is 8.41. The highest BCUT2D eigenvalue weighted by Gasteiger charge is 2.34. The highest BCUT2D eigenvalue weighted by molar-refractivity contribution is 5.89. The number of benzene rings is 1. The van der Waals surface area contributed by atoms with Gasteiger partial charge in [0, 0.05) is 12.2 Å². The molecule has 0 N–H and O–H groups in total. The van der Waals surface area contributed by atoms with Crippen molar-refractivity contribution >= 4 is 30.0 Å². The Morgan fingerprint density at radius 3 is 1.63 bits per heavy atom. The van der Waals surface area contributed by atoms with Crippen LogP contribution in [0, 0.1) is 17.8 Å². The first-order chi connectivity index (χ1) is 22.3. The number of hydrogen-bond acceptors (Lipinski definition) is 11. The van der Waals surface area contributed by atoms with Gasteiger partial charge in [-0.25, -0.2) is 19.2 Å². The predicted molar refractivity (Wildman–Crippen MR) is 167 cm³/mol. The normalized spacial score (nSPS) is 20.8. The van der Waals surface area contributed by atoms with Crippen LogP contribution in [0.4, 0.5) is 4.79 Å². The minimum Gasteiger partial charge on any atom is -0.463 e. The quantitative estimate of drug-likeness (QED) is 0.0623. The fourth-order valence-corrected chi connectivity index (χ4v) is 5.81. The lowest BCUT2D eigenvalue weighted by Crippen LogP contribution is -2.32. The van der Waals surface area contributed by atoms with Crippen molar-refractivity contribution in [3.05, 3.63) is 55.1 Å². The van der Waals surface area contributed by atoms with Crippen LogP contribution in [-0.2, 0) is 38.1 Å². The van der Waals surface area contributed by atoms with Crippen LogP contribution in [0.2, 0.25) is 0 Å². The summed E-state index contributed by atoms with van der Waals surface area (Å²) in [6.45, 7) is 7.57. The zero-order chi connectivity index (χ0) is 33.1. The molecule has 252 valence electrons. The molecule has 3 rings (SSSR count). The van der Waals surface area contributed by atoms with E-state index < -0.39 is 24.1 Å². The Labute approximate surface area is 270 Å². The van der Waals surface area contributed by atoms with Gasteiger partial charge in [-0.3, -0.25) is 4.79 Å². The summed E-state index contributed by atoms with van der Waals surface area (Å²) in [5.74, 6) is -0.354. The Bertz CT molecular complexity index is 1160. The maximum atomic E-state index is 12.8. The van der Waals surface area contributed by atoms with Gasteiger partial charge < -0.3 is 28.4 Å². The average molecular weight is 643 g/mol. The smallest absolute Gasteiger partial charge is 0.463 e. The fourth-order valence-electron chi connectivity index (χ4n) is 5.81. The van der Waals surface area contributed by atoms with Crippen molar-refractivity contribution < 1.29 is 52.4 Å². The van der Waals surface area contributed by atoms with E-state index in [2.05, 4.69) is 13.2 Å². The van der Waals surface area contributed by atoms with Crippen molar-refractivity contribution in [3.8, 4) is 5.75 Å². The highest BCUT2D eigenvalue weighted by atomic mass is 16.7. The summed E-state index contributed by atoms with van der Waals surface area (Å²) < 4.78 is 31.3. The van der Waals surface area contributed by atoms with E-state index >= 15 is 0 Å². The minimum atomic E-state index is -0.655. The lowest BCUT2D eigenvalue weighted by Gasteiger charge is -2.37. The molecule has 1 aromatic rings. The molecule has 0 heterocycles. The molecule has 1 aromatic carbocycles. The second-order valence-electron chi connectivity index (χ2n) is 11.6. The van der Waals surface area contributed by atoms with Gasteiger partial charge in [0.1, 0.15) is 11.9 Å². The molecular weight excluding hydrogens is 596 g/mol. The number of rotatable bonds is 17. The van der Waals surface area contributed by atoms with Gasteiger partial charge in [-0.05, 0) is 113 Å². The van der Waals surface area contributed by atoms with Gasteiger partial charge in [-0.1, -0.05) is 13.2 Å². The molecule has 2 fully saturated rings. The number of unbranched alkanes of at least 4 members (excludes halogenated alkanes) is 2. The van der Waals surface area contributed by atoms with Crippen LogP contribution in [0.5, 0.6) is 5.75 Å². The Morgan fingerprint density at radius 2 is 1.11 bits per heavy atom. The van der Waals surface area contributed by atoms with E-state index in [0.717, 1.165) is 63.5 Å². The van der Waals surface area contributed by atoms with Gasteiger partial charge in [0.2, 0.25) is 0 Å². The SMILES string of the molecule is C=CC(=O)OCCCCOC(=O)OC1CCC(C2CCC(C(=O)Oc3ccc(C(=O)OCCCCOC(=O)C=C)cc3)CC2)CC1. The highest BCUT2D eigenvalue weighted by Crippen LogP contribution is 2.41. The molecule has 0 aromatic heterocycles. The first-order valence-electron chi connectivity index (χ1n) is 16.2. The lowest BCUT2D eigenvalue weighted by molar-refractivity contribution is -0.140. The van der Waals surface area contributed by atoms with E-state index in [-0.39, 0.29) is 44.4 Å². The molecule has 0 radical (unpaired) electrons. The molecule has 2 saturated carbocycles. The van der Waals surface area contributed by atoms with E-state index in [1.165, 1.54) is 0 Å². The molecule has 0 atom stereocenters. The summed E-state index contributed by atoms with van der Waals surface area (Å²) in [4.78, 5) is 59.1. The van der Waals surface area contributed by atoms with Crippen LogP contribution in [-0.4, -0.2) is 62.6 Å². The van der Waals surface area contributed by atoms with E-state index in [0.29, 0.717) is 48.8 Å². The molecule has 0 unspecified atom stereocenters. The summed E-state index contributed by atoms with van der Waals surface area (Å²) >= 11 is 0. The van der Waals surface area contributed by atoms with Crippen LogP contribution >= 0.6 is 0 Å². The molecule has 0 aliphatic heterocycles. The zero-order valence-electron chi connectivity index (χ0n) is 26.5. The summed E-state index contributed by atoms with van der Waals surface area (Å²) in [5, 5.41) is 0. The molecule has 2 aliphatic carbocycles. The van der Waals surface area contributed by atoms with Crippen LogP contribution in [0.3, 0.4) is 0 Å². The van der Waals surface area contributed by atoms with Crippen LogP contribution in [0.25, 0.3) is 0 Å². The van der Waals surface area contributed by atoms with Crippen molar-refractivity contribution in [2.75, 3.05) is 26.4 Å². The first-order valence-corrected chi connectivity index (χ1v) is 16.2. The number of carbonyl (C=O) groups excluding carboxylic acids is 5. The third kappa shape index (κ3) is 13.1. The second-order valence-corrected chi connectivity index (χ2v) is 11.6. The lowest BCUT2D eigenvalue weighted by atomic mass is 9.70. The molecular formula is C35H46O11. The van der Waals surface area contributed by atoms with Crippen LogP contribution in [0.15, 0.2) is 49.6 Å². The van der Waals surface area contributed by atoms with E-state index in [9.17, 15) is 24.0 Å². The largest absolute Gasteiger partial charge is 0.508 e. The Hall–Kier alpha value is -4.15. The molecule has 11 nitrogen and oxygen atoms in total. The predicted octanol–water partition coefficient (Wildman–Crippen LogP) is 6.29. The Morgan fingerprint density at radius 1 is 0.630 bits per heavy atom. The van der Waals surface area contributed by atoms with Crippen LogP contribution < -0.4 is 4.74 Å². The van der Waals surface area contributed by atoms with Gasteiger partial charge in [0.25, 0.3) is 0 Å². The van der Waals surface area contributed by atoms with Gasteiger partial charge in [0.05, 0.1) is 37.9 Å². The van der Waals surface area contributed by atoms with E-state index in [1.807, 2.05) is 0 Å². The topological polar surface area (TPSA) is 141 Å². The number of hydrogen-bond donors (Lipinski definition) is 0. The zero-order valence-corrected chi connectivity index (χ0v) is 26.5. The van der Waals surface area contributed by atoms with Crippen molar-refractivity contribution in [2.45, 2.75) is 83.2 Å². The van der Waals surface area contributed by atoms with Gasteiger partial charge in [-0.15, -0.1) is 0 Å². The van der Waals surface area contributed by atoms with Crippen molar-refractivity contribution in [3.63, 3.8) is 0 Å². The molecule has 0 spiro atoms. The summed E-state index contributed by atoms with van der Waals surface area (Å²) in [7, 11) is 0. The average Bonchev–Trinajstić information content (AvgIpc) is 3.08. The molecule has 0 amide bonds. The molecule has 11 heteroatoms. The Balaban J connectivity index is 1.26. The maximum absolute atomic E-state index is 12.8. The second kappa shape index (κ2) is 20.1. The molecule has 0 bridgehead atoms. The number of carbonyl (C=O) groups is 5. The van der Waals surface area contributed by atoms with Gasteiger partial charge in [0.15, 0.2) is 0 Å². The first kappa shape index (κ1) is 36.3. The molecule has 2 aliphatic rings. The number of ether oxygens (including phenoxy) is 6. The van der Waals surface area contributed by atoms with E-state index in [4.69, 9.17) is 28.4 Å². The summed E-state index contributed by atoms with van der Waals surface area (Å²) in [6, 6.07) is 6.32. The minimum absolute atomic E-state index is 0.141. The Kier molecular flexibility index (Phi) is 15.8. The standard InChI is InChI=1S/C35H46O11/c1-3-31(36)41-21-5-7-23-43-33(38)27-15-19-29(20-16-27)45-34(39)28-11-9-25(10-12-28)26-13-17-30(18-14-26)46-35(40)44-24-8-6-22-42-32(37)4-2/h3-4,15-16,19-20,25-26,28,30H,1-2,5-14,17-18,21-24H2. The van der Waals surface area contributed by atoms with Crippen molar-refractivity contribution in [1.29, 1.82) is 0 Å². The van der Waals surface area contributed by atoms with E-state index in [1.54, 1.807) is 24.3 Å². The third-order valence-corrected chi connectivity index (χ3v) is 8.41. The maximum Gasteiger partial charge on any atom is 0.508 e. The van der Waals surface area contributed by atoms with Crippen LogP contribution in [0.1, 0.15) is 87.4 Å². The number of esters is 4. The van der Waals surface area contributed by atoms with Crippen molar-refractivity contribution in [2.24, 2.45) is 17.8 Å². The van der Waals surface area contributed by atoms with Crippen molar-refractivity contribution in [1.82, 2.24) is 0 Å². The fraction of sp³-hybridized carbons (Fsp3) is 0.571. The molecule has 0 saturated heterocycles.